The maximum atomic E-state index is 6.15. The van der Waals surface area contributed by atoms with E-state index >= 15 is 0 Å². The van der Waals surface area contributed by atoms with Gasteiger partial charge in [-0.25, -0.2) is 4.98 Å². The summed E-state index contributed by atoms with van der Waals surface area (Å²) in [6.45, 7) is 7.51. The predicted octanol–water partition coefficient (Wildman–Crippen LogP) is 3.10. The van der Waals surface area contributed by atoms with Crippen LogP contribution < -0.4 is 5.73 Å². The molecule has 0 aliphatic heterocycles. The molecule has 0 aliphatic carbocycles. The average Bonchev–Trinajstić information content (AvgIpc) is 2.67. The zero-order valence-electron chi connectivity index (χ0n) is 10.9. The van der Waals surface area contributed by atoms with Crippen molar-refractivity contribution in [1.82, 2.24) is 9.55 Å². The van der Waals surface area contributed by atoms with Crippen LogP contribution in [0, 0.1) is 5.92 Å². The van der Waals surface area contributed by atoms with E-state index in [2.05, 4.69) is 48.5 Å². The van der Waals surface area contributed by atoms with Gasteiger partial charge in [-0.05, 0) is 24.5 Å². The fourth-order valence-electron chi connectivity index (χ4n) is 2.12. The molecule has 0 aliphatic rings. The fraction of sp³-hybridized carbons (Fsp3) is 0.500. The van der Waals surface area contributed by atoms with Crippen LogP contribution in [0.25, 0.3) is 11.0 Å². The van der Waals surface area contributed by atoms with E-state index in [0.29, 0.717) is 5.92 Å². The van der Waals surface area contributed by atoms with Crippen LogP contribution in [0.2, 0.25) is 0 Å². The third kappa shape index (κ3) is 2.34. The van der Waals surface area contributed by atoms with Gasteiger partial charge >= 0.3 is 0 Å². The molecule has 0 fully saturated rings. The number of rotatable bonds is 4. The van der Waals surface area contributed by atoms with Crippen LogP contribution in [0.5, 0.6) is 0 Å². The number of hydrogen-bond donors (Lipinski definition) is 1. The highest BCUT2D eigenvalue weighted by atomic mass is 15.1. The third-order valence-corrected chi connectivity index (χ3v) is 3.00. The van der Waals surface area contributed by atoms with Gasteiger partial charge in [0.05, 0.1) is 17.1 Å². The van der Waals surface area contributed by atoms with Gasteiger partial charge in [-0.1, -0.05) is 32.9 Å². The summed E-state index contributed by atoms with van der Waals surface area (Å²) < 4.78 is 2.27. The van der Waals surface area contributed by atoms with Gasteiger partial charge in [0.15, 0.2) is 0 Å². The SMILES string of the molecule is CCC(N)c1nc2ccccc2n1CC(C)C. The number of imidazole rings is 1. The van der Waals surface area contributed by atoms with E-state index in [1.807, 2.05) is 6.07 Å². The van der Waals surface area contributed by atoms with Gasteiger partial charge in [0.2, 0.25) is 0 Å². The maximum Gasteiger partial charge on any atom is 0.126 e. The first kappa shape index (κ1) is 12.1. The molecule has 1 heterocycles. The molecule has 0 bridgehead atoms. The molecule has 1 atom stereocenters. The monoisotopic (exact) mass is 231 g/mol. The molecule has 0 saturated heterocycles. The van der Waals surface area contributed by atoms with Crippen LogP contribution in [0.3, 0.4) is 0 Å². The molecule has 0 saturated carbocycles. The number of nitrogens with two attached hydrogens (primary N) is 1. The molecule has 0 spiro atoms. The Labute approximate surface area is 103 Å². The molecular formula is C14H21N3. The summed E-state index contributed by atoms with van der Waals surface area (Å²) in [5, 5.41) is 0. The molecule has 2 aromatic rings. The summed E-state index contributed by atoms with van der Waals surface area (Å²) in [5.41, 5.74) is 8.39. The van der Waals surface area contributed by atoms with Gasteiger partial charge in [-0.15, -0.1) is 0 Å². The molecule has 1 unspecified atom stereocenters. The standard InChI is InChI=1S/C14H21N3/c1-4-11(15)14-16-12-7-5-6-8-13(12)17(14)9-10(2)3/h5-8,10-11H,4,9,15H2,1-3H3. The van der Waals surface area contributed by atoms with Gasteiger partial charge in [-0.3, -0.25) is 0 Å². The van der Waals surface area contributed by atoms with Crippen molar-refractivity contribution in [3.8, 4) is 0 Å². The molecule has 2 rings (SSSR count). The van der Waals surface area contributed by atoms with E-state index in [0.717, 1.165) is 24.3 Å². The van der Waals surface area contributed by atoms with Crippen LogP contribution in [0.4, 0.5) is 0 Å². The third-order valence-electron chi connectivity index (χ3n) is 3.00. The number of nitrogens with zero attached hydrogens (tertiary/aromatic N) is 2. The molecule has 17 heavy (non-hydrogen) atoms. The van der Waals surface area contributed by atoms with Crippen LogP contribution in [0.1, 0.15) is 39.1 Å². The second-order valence-corrected chi connectivity index (χ2v) is 4.98. The van der Waals surface area contributed by atoms with Crippen molar-refractivity contribution in [2.45, 2.75) is 39.8 Å². The van der Waals surface area contributed by atoms with Gasteiger partial charge in [0.25, 0.3) is 0 Å². The van der Waals surface area contributed by atoms with E-state index < -0.39 is 0 Å². The molecule has 3 nitrogen and oxygen atoms in total. The molecule has 92 valence electrons. The predicted molar refractivity (Wildman–Crippen MR) is 71.8 cm³/mol. The Hall–Kier alpha value is -1.35. The van der Waals surface area contributed by atoms with E-state index in [4.69, 9.17) is 5.73 Å². The van der Waals surface area contributed by atoms with E-state index in [9.17, 15) is 0 Å². The molecule has 3 heteroatoms. The van der Waals surface area contributed by atoms with E-state index in [1.165, 1.54) is 5.52 Å². The van der Waals surface area contributed by atoms with Crippen molar-refractivity contribution in [3.63, 3.8) is 0 Å². The number of para-hydroxylation sites is 2. The van der Waals surface area contributed by atoms with Gasteiger partial charge in [-0.2, -0.15) is 0 Å². The lowest BCUT2D eigenvalue weighted by Crippen LogP contribution is -2.17. The minimum absolute atomic E-state index is 0.0288. The van der Waals surface area contributed by atoms with Crippen LogP contribution in [-0.4, -0.2) is 9.55 Å². The van der Waals surface area contributed by atoms with E-state index in [-0.39, 0.29) is 6.04 Å². The first-order valence-electron chi connectivity index (χ1n) is 6.34. The van der Waals surface area contributed by atoms with Gasteiger partial charge in [0, 0.05) is 6.54 Å². The quantitative estimate of drug-likeness (QED) is 0.878. The average molecular weight is 231 g/mol. The number of benzene rings is 1. The lowest BCUT2D eigenvalue weighted by molar-refractivity contribution is 0.494. The molecule has 0 amide bonds. The molecular weight excluding hydrogens is 210 g/mol. The summed E-state index contributed by atoms with van der Waals surface area (Å²) in [6, 6.07) is 8.29. The Bertz CT molecular complexity index is 499. The highest BCUT2D eigenvalue weighted by molar-refractivity contribution is 5.76. The first-order valence-corrected chi connectivity index (χ1v) is 6.34. The van der Waals surface area contributed by atoms with Crippen molar-refractivity contribution >= 4 is 11.0 Å². The van der Waals surface area contributed by atoms with Gasteiger partial charge < -0.3 is 10.3 Å². The maximum absolute atomic E-state index is 6.15. The first-order chi connectivity index (χ1) is 8.13. The summed E-state index contributed by atoms with van der Waals surface area (Å²) in [7, 11) is 0. The Kier molecular flexibility index (Phi) is 3.48. The summed E-state index contributed by atoms with van der Waals surface area (Å²) in [4.78, 5) is 4.67. The Balaban J connectivity index is 2.56. The van der Waals surface area contributed by atoms with Crippen molar-refractivity contribution in [2.24, 2.45) is 11.7 Å². The Morgan fingerprint density at radius 1 is 1.29 bits per heavy atom. The summed E-state index contributed by atoms with van der Waals surface area (Å²) in [6.07, 6.45) is 0.918. The lowest BCUT2D eigenvalue weighted by Gasteiger charge is -2.15. The largest absolute Gasteiger partial charge is 0.326 e. The van der Waals surface area contributed by atoms with Crippen molar-refractivity contribution < 1.29 is 0 Å². The minimum Gasteiger partial charge on any atom is -0.326 e. The van der Waals surface area contributed by atoms with Crippen LogP contribution in [0.15, 0.2) is 24.3 Å². The van der Waals surface area contributed by atoms with Crippen LogP contribution >= 0.6 is 0 Å². The summed E-state index contributed by atoms with van der Waals surface area (Å²) in [5.74, 6) is 1.61. The number of fused-ring (bicyclic) bond motifs is 1. The highest BCUT2D eigenvalue weighted by Crippen LogP contribution is 2.22. The molecule has 0 radical (unpaired) electrons. The zero-order valence-corrected chi connectivity index (χ0v) is 10.9. The molecule has 2 N–H and O–H groups in total. The lowest BCUT2D eigenvalue weighted by atomic mass is 10.2. The number of aromatic nitrogens is 2. The minimum atomic E-state index is 0.0288. The second-order valence-electron chi connectivity index (χ2n) is 4.98. The number of hydrogen-bond acceptors (Lipinski definition) is 2. The zero-order chi connectivity index (χ0) is 12.4. The topological polar surface area (TPSA) is 43.8 Å². The molecule has 1 aromatic heterocycles. The smallest absolute Gasteiger partial charge is 0.126 e. The highest BCUT2D eigenvalue weighted by Gasteiger charge is 2.15. The normalized spacial score (nSPS) is 13.5. The van der Waals surface area contributed by atoms with Crippen LogP contribution in [-0.2, 0) is 6.54 Å². The Morgan fingerprint density at radius 2 is 2.00 bits per heavy atom. The fourth-order valence-corrected chi connectivity index (χ4v) is 2.12. The van der Waals surface area contributed by atoms with Crippen molar-refractivity contribution in [1.29, 1.82) is 0 Å². The summed E-state index contributed by atoms with van der Waals surface area (Å²) >= 11 is 0. The van der Waals surface area contributed by atoms with Gasteiger partial charge in [0.1, 0.15) is 5.82 Å². The van der Waals surface area contributed by atoms with Crippen molar-refractivity contribution in [2.75, 3.05) is 0 Å². The second kappa shape index (κ2) is 4.88. The Morgan fingerprint density at radius 3 is 2.65 bits per heavy atom. The van der Waals surface area contributed by atoms with Crippen molar-refractivity contribution in [3.05, 3.63) is 30.1 Å². The molecule has 1 aromatic carbocycles. The van der Waals surface area contributed by atoms with E-state index in [1.54, 1.807) is 0 Å².